The van der Waals surface area contributed by atoms with Crippen LogP contribution in [0.2, 0.25) is 0 Å². The molecule has 1 spiro atoms. The minimum Gasteiger partial charge on any atom is -0.493 e. The van der Waals surface area contributed by atoms with Gasteiger partial charge < -0.3 is 14.4 Å². The Morgan fingerprint density at radius 2 is 1.67 bits per heavy atom. The third-order valence-electron chi connectivity index (χ3n) is 6.97. The first kappa shape index (κ1) is 23.1. The predicted octanol–water partition coefficient (Wildman–Crippen LogP) is 3.57. The van der Waals surface area contributed by atoms with Crippen molar-refractivity contribution in [1.82, 2.24) is 14.7 Å². The number of methoxy groups -OCH3 is 2. The number of hydrogen-bond acceptors (Lipinski definition) is 5. The maximum absolute atomic E-state index is 13.4. The van der Waals surface area contributed by atoms with E-state index in [0.29, 0.717) is 38.2 Å². The van der Waals surface area contributed by atoms with Crippen LogP contribution in [0.15, 0.2) is 48.5 Å². The van der Waals surface area contributed by atoms with Crippen molar-refractivity contribution in [3.8, 4) is 11.5 Å². The van der Waals surface area contributed by atoms with Crippen molar-refractivity contribution in [1.29, 1.82) is 0 Å². The lowest BCUT2D eigenvalue weighted by molar-refractivity contribution is -0.135. The van der Waals surface area contributed by atoms with Gasteiger partial charge in [-0.1, -0.05) is 42.5 Å². The molecular formula is C26H33N3O4. The standard InChI is InChI=1S/C26H33N3O4/c1-4-28-24(30)26(29(25(28)31)16-13-20-9-6-5-7-10-20)14-17-27(18-15-26)19-21-11-8-12-22(32-2)23(21)33-3/h5-12H,4,13-19H2,1-3H3. The summed E-state index contributed by atoms with van der Waals surface area (Å²) in [6.07, 6.45) is 2.01. The molecule has 0 atom stereocenters. The molecule has 0 aliphatic carbocycles. The first-order valence-corrected chi connectivity index (χ1v) is 11.6. The molecule has 0 saturated carbocycles. The zero-order valence-corrected chi connectivity index (χ0v) is 19.8. The maximum Gasteiger partial charge on any atom is 0.327 e. The van der Waals surface area contributed by atoms with Gasteiger partial charge in [-0.25, -0.2) is 4.79 Å². The molecule has 33 heavy (non-hydrogen) atoms. The van der Waals surface area contributed by atoms with Gasteiger partial charge in [-0.05, 0) is 37.8 Å². The van der Waals surface area contributed by atoms with E-state index >= 15 is 0 Å². The number of imide groups is 1. The zero-order valence-electron chi connectivity index (χ0n) is 19.8. The van der Waals surface area contributed by atoms with E-state index in [1.807, 2.05) is 48.2 Å². The Morgan fingerprint density at radius 1 is 0.939 bits per heavy atom. The second-order valence-corrected chi connectivity index (χ2v) is 8.68. The van der Waals surface area contributed by atoms with Gasteiger partial charge in [0.2, 0.25) is 0 Å². The van der Waals surface area contributed by atoms with E-state index in [1.54, 1.807) is 14.2 Å². The summed E-state index contributed by atoms with van der Waals surface area (Å²) in [5, 5.41) is 0. The Kier molecular flexibility index (Phi) is 6.88. The van der Waals surface area contributed by atoms with Crippen LogP contribution in [0.4, 0.5) is 4.79 Å². The summed E-state index contributed by atoms with van der Waals surface area (Å²) in [6.45, 7) is 5.01. The Labute approximate surface area is 195 Å². The third kappa shape index (κ3) is 4.29. The van der Waals surface area contributed by atoms with Crippen molar-refractivity contribution in [2.75, 3.05) is 40.4 Å². The predicted molar refractivity (Wildman–Crippen MR) is 126 cm³/mol. The lowest BCUT2D eigenvalue weighted by Gasteiger charge is -2.42. The second-order valence-electron chi connectivity index (χ2n) is 8.68. The van der Waals surface area contributed by atoms with Gasteiger partial charge in [0.25, 0.3) is 5.91 Å². The first-order chi connectivity index (χ1) is 16.0. The number of amides is 3. The lowest BCUT2D eigenvalue weighted by Crippen LogP contribution is -2.56. The van der Waals surface area contributed by atoms with Crippen LogP contribution in [0.25, 0.3) is 0 Å². The fraction of sp³-hybridized carbons (Fsp3) is 0.462. The summed E-state index contributed by atoms with van der Waals surface area (Å²) < 4.78 is 11.0. The number of piperidine rings is 1. The van der Waals surface area contributed by atoms with E-state index in [4.69, 9.17) is 9.47 Å². The largest absolute Gasteiger partial charge is 0.493 e. The Bertz CT molecular complexity index is 986. The highest BCUT2D eigenvalue weighted by atomic mass is 16.5. The lowest BCUT2D eigenvalue weighted by atomic mass is 9.85. The van der Waals surface area contributed by atoms with Crippen LogP contribution in [-0.4, -0.2) is 72.6 Å². The van der Waals surface area contributed by atoms with Crippen LogP contribution in [0, 0.1) is 0 Å². The molecule has 2 aliphatic rings. The minimum absolute atomic E-state index is 0.0401. The first-order valence-electron chi connectivity index (χ1n) is 11.6. The number of likely N-dealkylation sites (tertiary alicyclic amines) is 1. The number of likely N-dealkylation sites (N-methyl/N-ethyl adjacent to an activating group) is 1. The molecular weight excluding hydrogens is 418 g/mol. The Balaban J connectivity index is 1.49. The highest BCUT2D eigenvalue weighted by Crippen LogP contribution is 2.39. The number of nitrogens with zero attached hydrogens (tertiary/aromatic N) is 3. The molecule has 3 amide bonds. The van der Waals surface area contributed by atoms with Gasteiger partial charge in [-0.2, -0.15) is 0 Å². The monoisotopic (exact) mass is 451 g/mol. The average molecular weight is 452 g/mol. The van der Waals surface area contributed by atoms with Crippen LogP contribution in [0.1, 0.15) is 30.9 Å². The van der Waals surface area contributed by atoms with Gasteiger partial charge in [0, 0.05) is 38.3 Å². The van der Waals surface area contributed by atoms with Crippen molar-refractivity contribution in [2.45, 2.75) is 38.3 Å². The van der Waals surface area contributed by atoms with Crippen LogP contribution in [0.5, 0.6) is 11.5 Å². The summed E-state index contributed by atoms with van der Waals surface area (Å²) >= 11 is 0. The van der Waals surface area contributed by atoms with Crippen LogP contribution >= 0.6 is 0 Å². The van der Waals surface area contributed by atoms with Crippen LogP contribution in [-0.2, 0) is 17.8 Å². The normalized spacial score (nSPS) is 18.3. The smallest absolute Gasteiger partial charge is 0.327 e. The highest BCUT2D eigenvalue weighted by molar-refractivity contribution is 6.07. The number of urea groups is 1. The average Bonchev–Trinajstić information content (AvgIpc) is 3.04. The second kappa shape index (κ2) is 9.83. The molecule has 2 heterocycles. The van der Waals surface area contributed by atoms with Gasteiger partial charge in [-0.15, -0.1) is 0 Å². The number of carbonyl (C=O) groups excluding carboxylic acids is 2. The number of hydrogen-bond donors (Lipinski definition) is 0. The van der Waals surface area contributed by atoms with Crippen molar-refractivity contribution >= 4 is 11.9 Å². The molecule has 176 valence electrons. The molecule has 0 N–H and O–H groups in total. The van der Waals surface area contributed by atoms with Crippen molar-refractivity contribution in [2.24, 2.45) is 0 Å². The third-order valence-corrected chi connectivity index (χ3v) is 6.97. The molecule has 0 unspecified atom stereocenters. The van der Waals surface area contributed by atoms with Crippen molar-refractivity contribution in [3.63, 3.8) is 0 Å². The summed E-state index contributed by atoms with van der Waals surface area (Å²) in [5.41, 5.74) is 1.49. The number of benzene rings is 2. The number of carbonyl (C=O) groups is 2. The van der Waals surface area contributed by atoms with Crippen molar-refractivity contribution < 1.29 is 19.1 Å². The van der Waals surface area contributed by atoms with Gasteiger partial charge in [-0.3, -0.25) is 14.6 Å². The van der Waals surface area contributed by atoms with E-state index in [-0.39, 0.29) is 11.9 Å². The summed E-state index contributed by atoms with van der Waals surface area (Å²) in [7, 11) is 3.29. The number of para-hydroxylation sites is 1. The number of ether oxygens (including phenoxy) is 2. The maximum atomic E-state index is 13.4. The highest BCUT2D eigenvalue weighted by Gasteiger charge is 2.57. The van der Waals surface area contributed by atoms with E-state index in [1.165, 1.54) is 10.5 Å². The molecule has 7 heteroatoms. The molecule has 2 fully saturated rings. The van der Waals surface area contributed by atoms with Gasteiger partial charge >= 0.3 is 6.03 Å². The van der Waals surface area contributed by atoms with E-state index < -0.39 is 5.54 Å². The fourth-order valence-corrected chi connectivity index (χ4v) is 5.14. The molecule has 2 aromatic carbocycles. The Hall–Kier alpha value is -3.06. The summed E-state index contributed by atoms with van der Waals surface area (Å²) in [5.74, 6) is 1.42. The summed E-state index contributed by atoms with van der Waals surface area (Å²) in [4.78, 5) is 32.1. The van der Waals surface area contributed by atoms with Gasteiger partial charge in [0.05, 0.1) is 14.2 Å². The van der Waals surface area contributed by atoms with E-state index in [0.717, 1.165) is 30.8 Å². The van der Waals surface area contributed by atoms with Crippen LogP contribution in [0.3, 0.4) is 0 Å². The molecule has 2 aliphatic heterocycles. The molecule has 0 aromatic heterocycles. The van der Waals surface area contributed by atoms with Gasteiger partial charge in [0.15, 0.2) is 11.5 Å². The zero-order chi connectivity index (χ0) is 23.4. The van der Waals surface area contributed by atoms with E-state index in [9.17, 15) is 9.59 Å². The quantitative estimate of drug-likeness (QED) is 0.575. The topological polar surface area (TPSA) is 62.3 Å². The molecule has 7 nitrogen and oxygen atoms in total. The molecule has 2 saturated heterocycles. The SMILES string of the molecule is CCN1C(=O)N(CCc2ccccc2)C2(CCN(Cc3cccc(OC)c3OC)CC2)C1=O. The molecule has 2 aromatic rings. The van der Waals surface area contributed by atoms with Gasteiger partial charge in [0.1, 0.15) is 5.54 Å². The van der Waals surface area contributed by atoms with E-state index in [2.05, 4.69) is 17.0 Å². The minimum atomic E-state index is -0.739. The molecule has 4 rings (SSSR count). The summed E-state index contributed by atoms with van der Waals surface area (Å²) in [6, 6.07) is 15.9. The Morgan fingerprint density at radius 3 is 2.30 bits per heavy atom. The molecule has 0 radical (unpaired) electrons. The number of rotatable bonds is 8. The van der Waals surface area contributed by atoms with Crippen molar-refractivity contribution in [3.05, 3.63) is 59.7 Å². The fourth-order valence-electron chi connectivity index (χ4n) is 5.14. The van der Waals surface area contributed by atoms with Crippen LogP contribution < -0.4 is 9.47 Å². The molecule has 0 bridgehead atoms.